The molecular formula is C29H58O6Si3. The molecular weight excluding hydrogens is 529 g/mol. The van der Waals surface area contributed by atoms with Crippen LogP contribution < -0.4 is 0 Å². The van der Waals surface area contributed by atoms with E-state index in [0.717, 1.165) is 32.1 Å². The quantitative estimate of drug-likeness (QED) is 0.118. The van der Waals surface area contributed by atoms with Gasteiger partial charge in [0, 0.05) is 39.6 Å². The molecule has 0 heterocycles. The number of rotatable bonds is 23. The summed E-state index contributed by atoms with van der Waals surface area (Å²) in [4.78, 5) is 0. The van der Waals surface area contributed by atoms with E-state index in [2.05, 4.69) is 64.7 Å². The lowest BCUT2D eigenvalue weighted by molar-refractivity contribution is 0.197. The maximum atomic E-state index is 6.73. The van der Waals surface area contributed by atoms with E-state index >= 15 is 0 Å². The van der Waals surface area contributed by atoms with Gasteiger partial charge in [-0.05, 0) is 101 Å². The molecule has 0 aliphatic heterocycles. The fraction of sp³-hybridized carbons (Fsp3) is 0.793. The van der Waals surface area contributed by atoms with Crippen molar-refractivity contribution in [2.75, 3.05) is 39.6 Å². The van der Waals surface area contributed by atoms with Gasteiger partial charge in [0.2, 0.25) is 0 Å². The topological polar surface area (TPSA) is 55.4 Å². The van der Waals surface area contributed by atoms with Gasteiger partial charge in [0.15, 0.2) is 0 Å². The second kappa shape index (κ2) is 20.5. The molecule has 0 aromatic carbocycles. The molecule has 222 valence electrons. The molecule has 0 spiro atoms. The van der Waals surface area contributed by atoms with Gasteiger partial charge in [0.25, 0.3) is 0 Å². The average Bonchev–Trinajstić information content (AvgIpc) is 2.86. The summed E-state index contributed by atoms with van der Waals surface area (Å²) in [7, 11) is -7.83. The van der Waals surface area contributed by atoms with Gasteiger partial charge >= 0.3 is 26.4 Å². The zero-order valence-corrected chi connectivity index (χ0v) is 29.0. The van der Waals surface area contributed by atoms with E-state index in [-0.39, 0.29) is 0 Å². The van der Waals surface area contributed by atoms with Gasteiger partial charge in [0.05, 0.1) is 0 Å². The molecule has 6 nitrogen and oxygen atoms in total. The Bertz CT molecular complexity index is 690. The minimum atomic E-state index is -2.98. The van der Waals surface area contributed by atoms with Gasteiger partial charge in [0.1, 0.15) is 0 Å². The SMILES string of the molecule is CCCCC(=C[Si](OCC)(OCC)C(=C[Si](C=CC1CCC1)(OCC)OCC)CCC)[SiH](OCC)OCC. The summed E-state index contributed by atoms with van der Waals surface area (Å²) >= 11 is 0. The van der Waals surface area contributed by atoms with E-state index in [4.69, 9.17) is 26.6 Å². The van der Waals surface area contributed by atoms with E-state index in [1.165, 1.54) is 29.7 Å². The van der Waals surface area contributed by atoms with Gasteiger partial charge in [-0.2, -0.15) is 0 Å². The molecule has 0 bridgehead atoms. The predicted octanol–water partition coefficient (Wildman–Crippen LogP) is 7.21. The van der Waals surface area contributed by atoms with Crippen LogP contribution in [0.15, 0.2) is 33.6 Å². The molecule has 0 unspecified atom stereocenters. The Morgan fingerprint density at radius 3 is 1.71 bits per heavy atom. The van der Waals surface area contributed by atoms with Crippen LogP contribution in [-0.2, 0) is 26.6 Å². The van der Waals surface area contributed by atoms with E-state index < -0.39 is 26.4 Å². The van der Waals surface area contributed by atoms with Gasteiger partial charge < -0.3 is 26.6 Å². The van der Waals surface area contributed by atoms with E-state index in [0.29, 0.717) is 45.6 Å². The Labute approximate surface area is 238 Å². The van der Waals surface area contributed by atoms with Crippen molar-refractivity contribution in [3.05, 3.63) is 33.6 Å². The highest BCUT2D eigenvalue weighted by Crippen LogP contribution is 2.32. The smallest absolute Gasteiger partial charge is 0.394 e. The van der Waals surface area contributed by atoms with Crippen LogP contribution in [0.5, 0.6) is 0 Å². The van der Waals surface area contributed by atoms with Crippen LogP contribution in [0.4, 0.5) is 0 Å². The lowest BCUT2D eigenvalue weighted by Crippen LogP contribution is -2.48. The third-order valence-electron chi connectivity index (χ3n) is 6.68. The first-order valence-electron chi connectivity index (χ1n) is 15.3. The minimum Gasteiger partial charge on any atom is -0.394 e. The summed E-state index contributed by atoms with van der Waals surface area (Å²) in [6, 6.07) is 0. The Morgan fingerprint density at radius 1 is 0.711 bits per heavy atom. The fourth-order valence-electron chi connectivity index (χ4n) is 4.76. The Balaban J connectivity index is 3.83. The second-order valence-electron chi connectivity index (χ2n) is 9.66. The van der Waals surface area contributed by atoms with Crippen molar-refractivity contribution in [1.82, 2.24) is 0 Å². The minimum absolute atomic E-state index is 0.579. The highest BCUT2D eigenvalue weighted by Gasteiger charge is 2.44. The summed E-state index contributed by atoms with van der Waals surface area (Å²) in [5.74, 6) is 0.635. The van der Waals surface area contributed by atoms with Gasteiger partial charge in [-0.1, -0.05) is 45.6 Å². The van der Waals surface area contributed by atoms with E-state index in [1.54, 1.807) is 0 Å². The molecule has 0 saturated heterocycles. The Hall–Kier alpha value is -0.369. The van der Waals surface area contributed by atoms with Crippen LogP contribution in [-0.4, -0.2) is 66.0 Å². The maximum absolute atomic E-state index is 6.73. The first-order chi connectivity index (χ1) is 18.4. The standard InChI is InChI=1S/C29H58O6Si3/c1-9-17-22-28(36(30-11-3)31-12-4)25-38(34-15-7,35-16-8)29(19-10-2)26-37(32-13-5,33-14-6)24-23-27-20-18-21-27/h23-27,36H,9-22H2,1-8H3. The molecule has 1 rings (SSSR count). The summed E-state index contributed by atoms with van der Waals surface area (Å²) < 4.78 is 39.0. The van der Waals surface area contributed by atoms with Crippen molar-refractivity contribution in [2.24, 2.45) is 5.92 Å². The third kappa shape index (κ3) is 11.6. The molecule has 0 radical (unpaired) electrons. The van der Waals surface area contributed by atoms with E-state index in [1.807, 2.05) is 13.8 Å². The summed E-state index contributed by atoms with van der Waals surface area (Å²) in [5, 5.41) is 2.47. The Kier molecular flexibility index (Phi) is 19.2. The molecule has 0 aromatic heterocycles. The van der Waals surface area contributed by atoms with Crippen molar-refractivity contribution < 1.29 is 26.6 Å². The fourth-order valence-corrected chi connectivity index (χ4v) is 14.4. The second-order valence-corrected chi connectivity index (χ2v) is 17.2. The molecule has 0 amide bonds. The van der Waals surface area contributed by atoms with Crippen molar-refractivity contribution in [3.8, 4) is 0 Å². The van der Waals surface area contributed by atoms with Crippen LogP contribution >= 0.6 is 0 Å². The summed E-state index contributed by atoms with van der Waals surface area (Å²) in [6.07, 6.45) is 11.2. The molecule has 1 aliphatic carbocycles. The van der Waals surface area contributed by atoms with Gasteiger partial charge in [-0.3, -0.25) is 0 Å². The average molecular weight is 587 g/mol. The highest BCUT2D eigenvalue weighted by atomic mass is 28.4. The first-order valence-corrected chi connectivity index (χ1v) is 20.7. The first kappa shape index (κ1) is 35.7. The maximum Gasteiger partial charge on any atom is 0.394 e. The number of unbranched alkanes of at least 4 members (excludes halogenated alkanes) is 1. The molecule has 0 atom stereocenters. The number of hydrogen-bond donors (Lipinski definition) is 0. The van der Waals surface area contributed by atoms with Crippen molar-refractivity contribution in [2.45, 2.75) is 107 Å². The molecule has 9 heteroatoms. The van der Waals surface area contributed by atoms with Gasteiger partial charge in [-0.25, -0.2) is 0 Å². The number of allylic oxidation sites excluding steroid dienone is 3. The van der Waals surface area contributed by atoms with Crippen molar-refractivity contribution in [1.29, 1.82) is 0 Å². The normalized spacial score (nSPS) is 16.1. The molecule has 38 heavy (non-hydrogen) atoms. The predicted molar refractivity (Wildman–Crippen MR) is 165 cm³/mol. The van der Waals surface area contributed by atoms with Crippen LogP contribution in [0, 0.1) is 5.92 Å². The molecule has 0 aromatic rings. The highest BCUT2D eigenvalue weighted by molar-refractivity contribution is 6.85. The molecule has 1 saturated carbocycles. The van der Waals surface area contributed by atoms with Crippen LogP contribution in [0.1, 0.15) is 107 Å². The van der Waals surface area contributed by atoms with Crippen LogP contribution in [0.2, 0.25) is 0 Å². The van der Waals surface area contributed by atoms with Crippen molar-refractivity contribution >= 4 is 26.4 Å². The van der Waals surface area contributed by atoms with Crippen molar-refractivity contribution in [3.63, 3.8) is 0 Å². The van der Waals surface area contributed by atoms with Crippen LogP contribution in [0.3, 0.4) is 0 Å². The van der Waals surface area contributed by atoms with Crippen LogP contribution in [0.25, 0.3) is 0 Å². The summed E-state index contributed by atoms with van der Waals surface area (Å²) in [6.45, 7) is 20.5. The third-order valence-corrected chi connectivity index (χ3v) is 16.0. The zero-order valence-electron chi connectivity index (χ0n) is 25.8. The largest absolute Gasteiger partial charge is 0.394 e. The molecule has 1 aliphatic rings. The zero-order chi connectivity index (χ0) is 28.3. The monoisotopic (exact) mass is 586 g/mol. The Morgan fingerprint density at radius 2 is 1.29 bits per heavy atom. The lowest BCUT2D eigenvalue weighted by atomic mass is 9.86. The summed E-state index contributed by atoms with van der Waals surface area (Å²) in [5.41, 5.74) is 6.93. The van der Waals surface area contributed by atoms with Gasteiger partial charge in [-0.15, -0.1) is 0 Å². The van der Waals surface area contributed by atoms with E-state index in [9.17, 15) is 0 Å². The molecule has 1 fully saturated rings. The molecule has 0 N–H and O–H groups in total. The lowest BCUT2D eigenvalue weighted by Gasteiger charge is -2.34. The number of hydrogen-bond acceptors (Lipinski definition) is 6.